The van der Waals surface area contributed by atoms with E-state index in [9.17, 15) is 9.59 Å². The van der Waals surface area contributed by atoms with Crippen molar-refractivity contribution in [3.05, 3.63) is 94.5 Å². The smallest absolute Gasteiger partial charge is 0.259 e. The molecule has 0 bridgehead atoms. The van der Waals surface area contributed by atoms with Crippen molar-refractivity contribution in [3.8, 4) is 5.75 Å². The molecule has 0 unspecified atom stereocenters. The van der Waals surface area contributed by atoms with Crippen molar-refractivity contribution in [2.75, 3.05) is 12.4 Å². The van der Waals surface area contributed by atoms with Gasteiger partial charge in [0.2, 0.25) is 5.91 Å². The van der Waals surface area contributed by atoms with Gasteiger partial charge in [-0.15, -0.1) is 0 Å². The highest BCUT2D eigenvalue weighted by Gasteiger charge is 2.13. The second-order valence-electron chi connectivity index (χ2n) is 6.91. The normalized spacial score (nSPS) is 10.4. The summed E-state index contributed by atoms with van der Waals surface area (Å²) in [5.74, 6) is 0.179. The van der Waals surface area contributed by atoms with E-state index in [1.165, 1.54) is 6.92 Å². The van der Waals surface area contributed by atoms with Gasteiger partial charge in [-0.1, -0.05) is 54.1 Å². The summed E-state index contributed by atoms with van der Waals surface area (Å²) < 4.78 is 5.88. The van der Waals surface area contributed by atoms with Gasteiger partial charge in [0.05, 0.1) is 5.56 Å². The number of rotatable bonds is 7. The lowest BCUT2D eigenvalue weighted by molar-refractivity contribution is -0.128. The lowest BCUT2D eigenvalue weighted by atomic mass is 10.1. The van der Waals surface area contributed by atoms with Crippen molar-refractivity contribution < 1.29 is 14.3 Å². The number of nitrogens with zero attached hydrogens (tertiary/aromatic N) is 1. The van der Waals surface area contributed by atoms with Crippen LogP contribution >= 0.6 is 11.6 Å². The molecular formula is C24H23ClN2O3. The first-order chi connectivity index (χ1) is 14.4. The fourth-order valence-corrected chi connectivity index (χ4v) is 3.07. The first kappa shape index (κ1) is 21.4. The topological polar surface area (TPSA) is 58.6 Å². The first-order valence-electron chi connectivity index (χ1n) is 9.51. The van der Waals surface area contributed by atoms with Gasteiger partial charge >= 0.3 is 0 Å². The Balaban J connectivity index is 1.72. The van der Waals surface area contributed by atoms with Crippen molar-refractivity contribution in [3.63, 3.8) is 0 Å². The number of hydrogen-bond donors (Lipinski definition) is 1. The predicted molar refractivity (Wildman–Crippen MR) is 119 cm³/mol. The largest absolute Gasteiger partial charge is 0.488 e. The maximum atomic E-state index is 12.9. The van der Waals surface area contributed by atoms with E-state index in [1.54, 1.807) is 36.2 Å². The zero-order valence-electron chi connectivity index (χ0n) is 16.9. The van der Waals surface area contributed by atoms with Crippen molar-refractivity contribution in [1.29, 1.82) is 0 Å². The number of para-hydroxylation sites is 1. The first-order valence-corrected chi connectivity index (χ1v) is 9.89. The molecule has 1 N–H and O–H groups in total. The fourth-order valence-electron chi connectivity index (χ4n) is 2.88. The van der Waals surface area contributed by atoms with Gasteiger partial charge in [-0.2, -0.15) is 0 Å². The van der Waals surface area contributed by atoms with Gasteiger partial charge in [0, 0.05) is 36.8 Å². The number of carbonyl (C=O) groups is 2. The molecule has 3 aromatic carbocycles. The van der Waals surface area contributed by atoms with Crippen LogP contribution in [0.4, 0.5) is 5.69 Å². The Morgan fingerprint density at radius 2 is 1.73 bits per heavy atom. The highest BCUT2D eigenvalue weighted by molar-refractivity contribution is 6.31. The molecule has 0 aromatic heterocycles. The number of benzene rings is 3. The Kier molecular flexibility index (Phi) is 7.09. The van der Waals surface area contributed by atoms with E-state index in [2.05, 4.69) is 5.32 Å². The zero-order chi connectivity index (χ0) is 21.5. The van der Waals surface area contributed by atoms with Gasteiger partial charge in [-0.25, -0.2) is 0 Å². The molecule has 0 aliphatic rings. The third kappa shape index (κ3) is 5.61. The van der Waals surface area contributed by atoms with E-state index >= 15 is 0 Å². The standard InChI is InChI=1S/C24H23ClN2O3/c1-17(28)27(2)15-18-8-7-10-20(14-18)26-24(29)21-11-4-6-13-23(21)30-16-19-9-3-5-12-22(19)25/h3-14H,15-16H2,1-2H3,(H,26,29). The lowest BCUT2D eigenvalue weighted by Gasteiger charge is -2.16. The number of nitrogens with one attached hydrogen (secondary N) is 1. The van der Waals surface area contributed by atoms with Crippen molar-refractivity contribution in [2.45, 2.75) is 20.1 Å². The van der Waals surface area contributed by atoms with E-state index in [1.807, 2.05) is 48.5 Å². The van der Waals surface area contributed by atoms with Gasteiger partial charge in [0.15, 0.2) is 0 Å². The molecule has 30 heavy (non-hydrogen) atoms. The van der Waals surface area contributed by atoms with Crippen molar-refractivity contribution >= 4 is 29.1 Å². The van der Waals surface area contributed by atoms with Gasteiger partial charge < -0.3 is 15.0 Å². The van der Waals surface area contributed by atoms with Crippen LogP contribution in [0.2, 0.25) is 5.02 Å². The van der Waals surface area contributed by atoms with Crippen LogP contribution in [-0.2, 0) is 17.9 Å². The molecular weight excluding hydrogens is 400 g/mol. The summed E-state index contributed by atoms with van der Waals surface area (Å²) in [7, 11) is 1.74. The van der Waals surface area contributed by atoms with Crippen LogP contribution in [0.1, 0.15) is 28.4 Å². The molecule has 0 radical (unpaired) electrons. The quantitative estimate of drug-likeness (QED) is 0.572. The summed E-state index contributed by atoms with van der Waals surface area (Å²) in [6.07, 6.45) is 0. The molecule has 3 rings (SSSR count). The number of hydrogen-bond acceptors (Lipinski definition) is 3. The summed E-state index contributed by atoms with van der Waals surface area (Å²) in [5, 5.41) is 3.52. The highest BCUT2D eigenvalue weighted by Crippen LogP contribution is 2.23. The third-order valence-corrected chi connectivity index (χ3v) is 4.98. The van der Waals surface area contributed by atoms with E-state index < -0.39 is 0 Å². The van der Waals surface area contributed by atoms with Crippen LogP contribution in [0.25, 0.3) is 0 Å². The molecule has 6 heteroatoms. The van der Waals surface area contributed by atoms with Crippen molar-refractivity contribution in [2.24, 2.45) is 0 Å². The number of carbonyl (C=O) groups excluding carboxylic acids is 2. The maximum absolute atomic E-state index is 12.9. The lowest BCUT2D eigenvalue weighted by Crippen LogP contribution is -2.23. The van der Waals surface area contributed by atoms with Gasteiger partial charge in [0.1, 0.15) is 12.4 Å². The summed E-state index contributed by atoms with van der Waals surface area (Å²) in [5.41, 5.74) is 2.84. The average molecular weight is 423 g/mol. The molecule has 2 amide bonds. The van der Waals surface area contributed by atoms with E-state index in [0.29, 0.717) is 28.6 Å². The summed E-state index contributed by atoms with van der Waals surface area (Å²) in [6, 6.07) is 21.9. The molecule has 0 saturated heterocycles. The molecule has 0 atom stereocenters. The SMILES string of the molecule is CC(=O)N(C)Cc1cccc(NC(=O)c2ccccc2OCc2ccccc2Cl)c1. The van der Waals surface area contributed by atoms with E-state index in [4.69, 9.17) is 16.3 Å². The Labute approximate surface area is 181 Å². The summed E-state index contributed by atoms with van der Waals surface area (Å²) in [4.78, 5) is 25.9. The number of halogens is 1. The Morgan fingerprint density at radius 1 is 1.00 bits per heavy atom. The Hall–Kier alpha value is -3.31. The van der Waals surface area contributed by atoms with Crippen LogP contribution in [0.15, 0.2) is 72.8 Å². The minimum atomic E-state index is -0.276. The molecule has 0 fully saturated rings. The van der Waals surface area contributed by atoms with Crippen LogP contribution < -0.4 is 10.1 Å². The summed E-state index contributed by atoms with van der Waals surface area (Å²) in [6.45, 7) is 2.25. The van der Waals surface area contributed by atoms with Gasteiger partial charge in [-0.3, -0.25) is 9.59 Å². The van der Waals surface area contributed by atoms with Gasteiger partial charge in [-0.05, 0) is 35.9 Å². The summed E-state index contributed by atoms with van der Waals surface area (Å²) >= 11 is 6.19. The zero-order valence-corrected chi connectivity index (χ0v) is 17.6. The number of ether oxygens (including phenoxy) is 1. The Morgan fingerprint density at radius 3 is 2.50 bits per heavy atom. The predicted octanol–water partition coefficient (Wildman–Crippen LogP) is 5.15. The third-order valence-electron chi connectivity index (χ3n) is 4.61. The molecule has 3 aromatic rings. The number of amides is 2. The van der Waals surface area contributed by atoms with Crippen molar-refractivity contribution in [1.82, 2.24) is 4.90 Å². The second-order valence-corrected chi connectivity index (χ2v) is 7.31. The molecule has 0 spiro atoms. The van der Waals surface area contributed by atoms with Crippen LogP contribution in [0.5, 0.6) is 5.75 Å². The van der Waals surface area contributed by atoms with Crippen LogP contribution in [-0.4, -0.2) is 23.8 Å². The second kappa shape index (κ2) is 9.94. The van der Waals surface area contributed by atoms with Crippen LogP contribution in [0.3, 0.4) is 0 Å². The van der Waals surface area contributed by atoms with E-state index in [-0.39, 0.29) is 18.4 Å². The van der Waals surface area contributed by atoms with Gasteiger partial charge in [0.25, 0.3) is 5.91 Å². The molecule has 154 valence electrons. The molecule has 0 saturated carbocycles. The molecule has 0 aliphatic heterocycles. The molecule has 0 aliphatic carbocycles. The minimum absolute atomic E-state index is 0.0194. The fraction of sp³-hybridized carbons (Fsp3) is 0.167. The van der Waals surface area contributed by atoms with Crippen LogP contribution in [0, 0.1) is 0 Å². The highest BCUT2D eigenvalue weighted by atomic mass is 35.5. The molecule has 5 nitrogen and oxygen atoms in total. The number of anilines is 1. The monoisotopic (exact) mass is 422 g/mol. The Bertz CT molecular complexity index is 1050. The average Bonchev–Trinajstić information content (AvgIpc) is 2.73. The molecule has 0 heterocycles. The van der Waals surface area contributed by atoms with E-state index in [0.717, 1.165) is 11.1 Å². The minimum Gasteiger partial charge on any atom is -0.488 e. The maximum Gasteiger partial charge on any atom is 0.259 e.